The van der Waals surface area contributed by atoms with E-state index in [1.54, 1.807) is 48.5 Å². The number of halogens is 1. The number of Topliss-reactive ketones (excluding diaryl/α,β-unsaturated/α-hetero) is 1. The van der Waals surface area contributed by atoms with E-state index in [4.69, 9.17) is 16.3 Å². The maximum absolute atomic E-state index is 13.1. The first-order valence-corrected chi connectivity index (χ1v) is 11.2. The second-order valence-electron chi connectivity index (χ2n) is 7.84. The Morgan fingerprint density at radius 3 is 2.39 bits per heavy atom. The van der Waals surface area contributed by atoms with Gasteiger partial charge in [0.1, 0.15) is 11.5 Å². The highest BCUT2D eigenvalue weighted by atomic mass is 35.5. The number of hydrogen-bond donors (Lipinski definition) is 1. The molecule has 168 valence electrons. The van der Waals surface area contributed by atoms with Crippen LogP contribution in [-0.2, 0) is 16.1 Å². The van der Waals surface area contributed by atoms with Gasteiger partial charge in [-0.15, -0.1) is 0 Å². The molecule has 3 aromatic carbocycles. The van der Waals surface area contributed by atoms with Crippen molar-refractivity contribution in [1.29, 1.82) is 0 Å². The summed E-state index contributed by atoms with van der Waals surface area (Å²) in [7, 11) is 0. The van der Waals surface area contributed by atoms with E-state index in [-0.39, 0.29) is 17.9 Å². The van der Waals surface area contributed by atoms with Crippen LogP contribution in [0.3, 0.4) is 0 Å². The average Bonchev–Trinajstić information content (AvgIpc) is 3.08. The standard InChI is InChI=1S/C27H24ClNO4/c1-2-15-33-22-13-11-19(12-14-22)25(30)23-24(20-9-6-10-21(28)16-20)29(27(32)26(23)31)17-18-7-4-3-5-8-18/h3-14,16,24,30H,2,15,17H2,1H3. The van der Waals surface area contributed by atoms with Gasteiger partial charge in [-0.3, -0.25) is 9.59 Å². The summed E-state index contributed by atoms with van der Waals surface area (Å²) in [5.74, 6) is -0.937. The molecule has 1 aliphatic rings. The molecule has 0 aromatic heterocycles. The van der Waals surface area contributed by atoms with Crippen LogP contribution < -0.4 is 4.74 Å². The van der Waals surface area contributed by atoms with E-state index in [0.717, 1.165) is 12.0 Å². The predicted molar refractivity (Wildman–Crippen MR) is 128 cm³/mol. The summed E-state index contributed by atoms with van der Waals surface area (Å²) in [5.41, 5.74) is 2.01. The molecule has 4 rings (SSSR count). The molecule has 5 nitrogen and oxygen atoms in total. The number of ketones is 1. The third-order valence-corrected chi connectivity index (χ3v) is 5.74. The van der Waals surface area contributed by atoms with Crippen molar-refractivity contribution >= 4 is 29.1 Å². The Bertz CT molecular complexity index is 1190. The molecule has 33 heavy (non-hydrogen) atoms. The predicted octanol–water partition coefficient (Wildman–Crippen LogP) is 5.75. The van der Waals surface area contributed by atoms with Crippen LogP contribution in [0.2, 0.25) is 5.02 Å². The van der Waals surface area contributed by atoms with Gasteiger partial charge in [0.25, 0.3) is 11.7 Å². The molecule has 0 spiro atoms. The Kier molecular flexibility index (Phi) is 6.80. The van der Waals surface area contributed by atoms with E-state index in [9.17, 15) is 14.7 Å². The highest BCUT2D eigenvalue weighted by Gasteiger charge is 2.46. The highest BCUT2D eigenvalue weighted by molar-refractivity contribution is 6.46. The Balaban J connectivity index is 1.79. The quantitative estimate of drug-likeness (QED) is 0.276. The van der Waals surface area contributed by atoms with Crippen molar-refractivity contribution in [3.8, 4) is 5.75 Å². The fourth-order valence-corrected chi connectivity index (χ4v) is 4.13. The van der Waals surface area contributed by atoms with Crippen molar-refractivity contribution in [2.45, 2.75) is 25.9 Å². The number of benzene rings is 3. The average molecular weight is 462 g/mol. The number of aliphatic hydroxyl groups is 1. The van der Waals surface area contributed by atoms with Gasteiger partial charge < -0.3 is 14.7 Å². The number of hydrogen-bond acceptors (Lipinski definition) is 4. The molecule has 1 N–H and O–H groups in total. The number of carbonyl (C=O) groups is 2. The fraction of sp³-hybridized carbons (Fsp3) is 0.185. The molecule has 0 radical (unpaired) electrons. The van der Waals surface area contributed by atoms with Gasteiger partial charge >= 0.3 is 0 Å². The number of carbonyl (C=O) groups excluding carboxylic acids is 2. The topological polar surface area (TPSA) is 66.8 Å². The zero-order valence-electron chi connectivity index (χ0n) is 18.2. The third kappa shape index (κ3) is 4.78. The number of nitrogens with zero attached hydrogens (tertiary/aromatic N) is 1. The van der Waals surface area contributed by atoms with E-state index in [2.05, 4.69) is 0 Å². The molecule has 1 aliphatic heterocycles. The molecule has 0 saturated carbocycles. The summed E-state index contributed by atoms with van der Waals surface area (Å²) in [6, 6.07) is 22.5. The molecule has 1 fully saturated rings. The van der Waals surface area contributed by atoms with Gasteiger partial charge in [-0.25, -0.2) is 0 Å². The Morgan fingerprint density at radius 1 is 1.00 bits per heavy atom. The first-order valence-electron chi connectivity index (χ1n) is 10.8. The van der Waals surface area contributed by atoms with Crippen LogP contribution in [0, 0.1) is 0 Å². The van der Waals surface area contributed by atoms with Gasteiger partial charge in [0.15, 0.2) is 0 Å². The fourth-order valence-electron chi connectivity index (χ4n) is 3.93. The van der Waals surface area contributed by atoms with Crippen LogP contribution >= 0.6 is 11.6 Å². The van der Waals surface area contributed by atoms with E-state index in [1.165, 1.54) is 4.90 Å². The zero-order chi connectivity index (χ0) is 23.4. The molecule has 1 unspecified atom stereocenters. The lowest BCUT2D eigenvalue weighted by molar-refractivity contribution is -0.140. The number of aliphatic hydroxyl groups excluding tert-OH is 1. The van der Waals surface area contributed by atoms with Crippen molar-refractivity contribution in [2.24, 2.45) is 0 Å². The first kappa shape index (κ1) is 22.6. The van der Waals surface area contributed by atoms with Gasteiger partial charge in [0, 0.05) is 17.1 Å². The molecule has 1 atom stereocenters. The van der Waals surface area contributed by atoms with Gasteiger partial charge in [0.05, 0.1) is 18.2 Å². The minimum Gasteiger partial charge on any atom is -0.507 e. The van der Waals surface area contributed by atoms with Gasteiger partial charge in [0.2, 0.25) is 0 Å². The van der Waals surface area contributed by atoms with Crippen LogP contribution in [0.25, 0.3) is 5.76 Å². The maximum Gasteiger partial charge on any atom is 0.295 e. The van der Waals surface area contributed by atoms with Crippen molar-refractivity contribution in [3.63, 3.8) is 0 Å². The van der Waals surface area contributed by atoms with E-state index in [0.29, 0.717) is 28.5 Å². The molecule has 1 amide bonds. The second kappa shape index (κ2) is 9.92. The molecule has 6 heteroatoms. The number of ether oxygens (including phenoxy) is 1. The Morgan fingerprint density at radius 2 is 1.73 bits per heavy atom. The lowest BCUT2D eigenvalue weighted by Gasteiger charge is -2.25. The Hall–Kier alpha value is -3.57. The largest absolute Gasteiger partial charge is 0.507 e. The van der Waals surface area contributed by atoms with Gasteiger partial charge in [-0.1, -0.05) is 61.0 Å². The molecule has 0 bridgehead atoms. The van der Waals surface area contributed by atoms with E-state index >= 15 is 0 Å². The summed E-state index contributed by atoms with van der Waals surface area (Å²) >= 11 is 6.23. The van der Waals surface area contributed by atoms with Crippen molar-refractivity contribution in [1.82, 2.24) is 4.90 Å². The van der Waals surface area contributed by atoms with Crippen LogP contribution in [0.1, 0.15) is 36.1 Å². The van der Waals surface area contributed by atoms with Crippen LogP contribution in [0.5, 0.6) is 5.75 Å². The summed E-state index contributed by atoms with van der Waals surface area (Å²) in [6.07, 6.45) is 0.881. The molecular formula is C27H24ClNO4. The van der Waals surface area contributed by atoms with E-state index in [1.807, 2.05) is 37.3 Å². The maximum atomic E-state index is 13.1. The lowest BCUT2D eigenvalue weighted by Crippen LogP contribution is -2.29. The molecule has 1 saturated heterocycles. The smallest absolute Gasteiger partial charge is 0.295 e. The van der Waals surface area contributed by atoms with Crippen molar-refractivity contribution < 1.29 is 19.4 Å². The SMILES string of the molecule is CCCOc1ccc(C(O)=C2C(=O)C(=O)N(Cc3ccccc3)C2c2cccc(Cl)c2)cc1. The zero-order valence-corrected chi connectivity index (χ0v) is 19.0. The minimum absolute atomic E-state index is 0.0421. The molecular weight excluding hydrogens is 438 g/mol. The molecule has 1 heterocycles. The molecule has 3 aromatic rings. The summed E-state index contributed by atoms with van der Waals surface area (Å²) in [6.45, 7) is 2.83. The van der Waals surface area contributed by atoms with Crippen molar-refractivity contribution in [3.05, 3.63) is 106 Å². The highest BCUT2D eigenvalue weighted by Crippen LogP contribution is 2.41. The minimum atomic E-state index is -0.764. The number of amides is 1. The molecule has 0 aliphatic carbocycles. The Labute approximate surface area is 197 Å². The van der Waals surface area contributed by atoms with Crippen LogP contribution in [0.4, 0.5) is 0 Å². The van der Waals surface area contributed by atoms with Crippen molar-refractivity contribution in [2.75, 3.05) is 6.61 Å². The van der Waals surface area contributed by atoms with E-state index < -0.39 is 17.7 Å². The number of likely N-dealkylation sites (tertiary alicyclic amines) is 1. The second-order valence-corrected chi connectivity index (χ2v) is 8.28. The lowest BCUT2D eigenvalue weighted by atomic mass is 9.95. The summed E-state index contributed by atoms with van der Waals surface area (Å²) in [4.78, 5) is 27.7. The normalized spacial score (nSPS) is 17.4. The number of rotatable bonds is 7. The first-order chi connectivity index (χ1) is 16.0. The van der Waals surface area contributed by atoms with Gasteiger partial charge in [-0.2, -0.15) is 0 Å². The third-order valence-electron chi connectivity index (χ3n) is 5.50. The summed E-state index contributed by atoms with van der Waals surface area (Å²) in [5, 5.41) is 11.6. The monoisotopic (exact) mass is 461 g/mol. The van der Waals surface area contributed by atoms with Gasteiger partial charge in [-0.05, 0) is 53.9 Å². The summed E-state index contributed by atoms with van der Waals surface area (Å²) < 4.78 is 5.60. The van der Waals surface area contributed by atoms with Crippen LogP contribution in [0.15, 0.2) is 84.4 Å². The van der Waals surface area contributed by atoms with Crippen LogP contribution in [-0.4, -0.2) is 28.3 Å².